The number of benzene rings is 1. The third-order valence-electron chi connectivity index (χ3n) is 2.88. The summed E-state index contributed by atoms with van der Waals surface area (Å²) in [6, 6.07) is 7.58. The molecule has 0 saturated carbocycles. The van der Waals surface area contributed by atoms with Gasteiger partial charge in [0.05, 0.1) is 6.61 Å². The van der Waals surface area contributed by atoms with E-state index in [4.69, 9.17) is 5.73 Å². The van der Waals surface area contributed by atoms with Crippen molar-refractivity contribution in [3.05, 3.63) is 36.0 Å². The summed E-state index contributed by atoms with van der Waals surface area (Å²) in [4.78, 5) is 0. The molecule has 0 bridgehead atoms. The number of alkyl halides is 3. The monoisotopic (exact) mass is 272 g/mol. The summed E-state index contributed by atoms with van der Waals surface area (Å²) in [5.41, 5.74) is 7.48. The van der Waals surface area contributed by atoms with Crippen molar-refractivity contribution in [1.82, 2.24) is 4.57 Å². The Hall–Kier alpha value is -1.53. The first kappa shape index (κ1) is 13.9. The van der Waals surface area contributed by atoms with Crippen LogP contribution in [0.5, 0.6) is 0 Å². The van der Waals surface area contributed by atoms with Crippen LogP contribution in [0, 0.1) is 0 Å². The van der Waals surface area contributed by atoms with E-state index in [0.29, 0.717) is 13.0 Å². The number of hydrogen-bond acceptors (Lipinski definition) is 2. The molecule has 1 aromatic heterocycles. The van der Waals surface area contributed by atoms with Crippen LogP contribution in [0.1, 0.15) is 5.56 Å². The Morgan fingerprint density at radius 2 is 1.95 bits per heavy atom. The van der Waals surface area contributed by atoms with Crippen LogP contribution in [0.2, 0.25) is 0 Å². The number of rotatable bonds is 5. The summed E-state index contributed by atoms with van der Waals surface area (Å²) >= 11 is 0. The molecule has 0 aliphatic heterocycles. The van der Waals surface area contributed by atoms with Crippen molar-refractivity contribution < 1.29 is 17.9 Å². The van der Waals surface area contributed by atoms with Gasteiger partial charge in [-0.15, -0.1) is 13.2 Å². The van der Waals surface area contributed by atoms with Crippen LogP contribution in [-0.2, 0) is 17.7 Å². The van der Waals surface area contributed by atoms with Gasteiger partial charge in [-0.2, -0.15) is 0 Å². The van der Waals surface area contributed by atoms with Crippen LogP contribution in [0.15, 0.2) is 30.5 Å². The lowest BCUT2D eigenvalue weighted by molar-refractivity contribution is -0.325. The lowest BCUT2D eigenvalue weighted by Gasteiger charge is -2.08. The van der Waals surface area contributed by atoms with Crippen LogP contribution >= 0.6 is 0 Å². The highest BCUT2D eigenvalue weighted by Gasteiger charge is 2.28. The molecule has 0 fully saturated rings. The van der Waals surface area contributed by atoms with E-state index in [2.05, 4.69) is 4.74 Å². The summed E-state index contributed by atoms with van der Waals surface area (Å²) < 4.78 is 41.4. The topological polar surface area (TPSA) is 40.2 Å². The first-order chi connectivity index (χ1) is 9.01. The van der Waals surface area contributed by atoms with Gasteiger partial charge in [-0.3, -0.25) is 4.74 Å². The minimum absolute atomic E-state index is 0.157. The highest BCUT2D eigenvalue weighted by Crippen LogP contribution is 2.22. The number of aromatic nitrogens is 1. The van der Waals surface area contributed by atoms with Gasteiger partial charge in [0.25, 0.3) is 0 Å². The Kier molecular flexibility index (Phi) is 4.11. The fraction of sp³-hybridized carbons (Fsp3) is 0.385. The Morgan fingerprint density at radius 3 is 2.63 bits per heavy atom. The average Bonchev–Trinajstić information content (AvgIpc) is 2.68. The number of para-hydroxylation sites is 1. The van der Waals surface area contributed by atoms with Crippen molar-refractivity contribution in [3.8, 4) is 0 Å². The number of hydrogen-bond donors (Lipinski definition) is 1. The molecule has 6 heteroatoms. The van der Waals surface area contributed by atoms with E-state index < -0.39 is 13.0 Å². The molecule has 0 aliphatic carbocycles. The van der Waals surface area contributed by atoms with Crippen LogP contribution in [0.25, 0.3) is 10.9 Å². The van der Waals surface area contributed by atoms with Crippen LogP contribution in [-0.4, -0.2) is 24.1 Å². The molecule has 0 saturated heterocycles. The maximum atomic E-state index is 12.0. The van der Waals surface area contributed by atoms with Crippen molar-refractivity contribution in [1.29, 1.82) is 0 Å². The highest BCUT2D eigenvalue weighted by molar-refractivity contribution is 5.84. The minimum atomic E-state index is -4.58. The first-order valence-corrected chi connectivity index (χ1v) is 5.99. The zero-order chi connectivity index (χ0) is 13.9. The van der Waals surface area contributed by atoms with E-state index in [1.165, 1.54) is 0 Å². The predicted octanol–water partition coefficient (Wildman–Crippen LogP) is 2.68. The number of halogens is 3. The smallest absolute Gasteiger partial charge is 0.345 e. The summed E-state index contributed by atoms with van der Waals surface area (Å²) in [7, 11) is 0. The fourth-order valence-corrected chi connectivity index (χ4v) is 2.12. The van der Waals surface area contributed by atoms with Crippen molar-refractivity contribution in [3.63, 3.8) is 0 Å². The second-order valence-corrected chi connectivity index (χ2v) is 4.20. The molecule has 0 aliphatic rings. The van der Waals surface area contributed by atoms with Gasteiger partial charge in [0, 0.05) is 23.6 Å². The van der Waals surface area contributed by atoms with E-state index in [9.17, 15) is 13.2 Å². The summed E-state index contributed by atoms with van der Waals surface area (Å²) in [5.74, 6) is 0. The Labute approximate surface area is 108 Å². The molecular weight excluding hydrogens is 257 g/mol. The molecule has 0 spiro atoms. The Morgan fingerprint density at radius 1 is 1.21 bits per heavy atom. The molecule has 19 heavy (non-hydrogen) atoms. The molecule has 3 nitrogen and oxygen atoms in total. The van der Waals surface area contributed by atoms with E-state index >= 15 is 0 Å². The highest BCUT2D eigenvalue weighted by atomic mass is 19.4. The van der Waals surface area contributed by atoms with E-state index in [-0.39, 0.29) is 6.54 Å². The minimum Gasteiger partial charge on any atom is -0.345 e. The van der Waals surface area contributed by atoms with Gasteiger partial charge in [0.2, 0.25) is 0 Å². The number of nitrogens with two attached hydrogens (primary N) is 1. The number of nitrogens with zero attached hydrogens (tertiary/aromatic N) is 1. The van der Waals surface area contributed by atoms with Crippen LogP contribution in [0.3, 0.4) is 0 Å². The van der Waals surface area contributed by atoms with Gasteiger partial charge in [0.15, 0.2) is 0 Å². The molecule has 1 aromatic carbocycles. The lowest BCUT2D eigenvalue weighted by Crippen LogP contribution is -2.17. The number of fused-ring (bicyclic) bond motifs is 1. The van der Waals surface area contributed by atoms with Crippen LogP contribution < -0.4 is 5.73 Å². The Balaban J connectivity index is 2.18. The third-order valence-corrected chi connectivity index (χ3v) is 2.88. The zero-order valence-electron chi connectivity index (χ0n) is 10.3. The van der Waals surface area contributed by atoms with E-state index in [1.807, 2.05) is 30.5 Å². The average molecular weight is 272 g/mol. The van der Waals surface area contributed by atoms with Crippen molar-refractivity contribution >= 4 is 10.9 Å². The van der Waals surface area contributed by atoms with Gasteiger partial charge in [-0.05, 0) is 24.6 Å². The maximum Gasteiger partial charge on any atom is 0.522 e. The van der Waals surface area contributed by atoms with Gasteiger partial charge in [0.1, 0.15) is 0 Å². The van der Waals surface area contributed by atoms with Gasteiger partial charge >= 0.3 is 6.36 Å². The van der Waals surface area contributed by atoms with E-state index in [1.54, 1.807) is 4.57 Å². The molecule has 0 radical (unpaired) electrons. The Bertz CT molecular complexity index is 548. The summed E-state index contributed by atoms with van der Waals surface area (Å²) in [6.07, 6.45) is -2.03. The predicted molar refractivity (Wildman–Crippen MR) is 66.7 cm³/mol. The zero-order valence-corrected chi connectivity index (χ0v) is 10.3. The number of ether oxygens (including phenoxy) is 1. The van der Waals surface area contributed by atoms with Gasteiger partial charge < -0.3 is 10.3 Å². The fourth-order valence-electron chi connectivity index (χ4n) is 2.12. The normalized spacial score (nSPS) is 12.2. The second-order valence-electron chi connectivity index (χ2n) is 4.20. The summed E-state index contributed by atoms with van der Waals surface area (Å²) in [5, 5.41) is 1.03. The molecule has 2 N–H and O–H groups in total. The quantitative estimate of drug-likeness (QED) is 0.909. The van der Waals surface area contributed by atoms with E-state index in [0.717, 1.165) is 16.5 Å². The summed E-state index contributed by atoms with van der Waals surface area (Å²) in [6.45, 7) is 0.266. The molecule has 2 rings (SSSR count). The standard InChI is InChI=1S/C13H15F3N2O/c14-13(15,16)19-8-7-18-9-10(5-6-17)11-3-1-2-4-12(11)18/h1-4,9H,5-8,17H2. The van der Waals surface area contributed by atoms with Gasteiger partial charge in [-0.1, -0.05) is 18.2 Å². The molecular formula is C13H15F3N2O. The van der Waals surface area contributed by atoms with Crippen molar-refractivity contribution in [2.45, 2.75) is 19.3 Å². The molecule has 104 valence electrons. The molecule has 0 amide bonds. The third kappa shape index (κ3) is 3.48. The maximum absolute atomic E-state index is 12.0. The molecule has 0 unspecified atom stereocenters. The molecule has 2 aromatic rings. The van der Waals surface area contributed by atoms with Crippen molar-refractivity contribution in [2.75, 3.05) is 13.2 Å². The van der Waals surface area contributed by atoms with Crippen LogP contribution in [0.4, 0.5) is 13.2 Å². The second kappa shape index (κ2) is 5.63. The largest absolute Gasteiger partial charge is 0.522 e. The SMILES string of the molecule is NCCc1cn(CCOC(F)(F)F)c2ccccc12. The van der Waals surface area contributed by atoms with Crippen molar-refractivity contribution in [2.24, 2.45) is 5.73 Å². The molecule has 0 atom stereocenters. The van der Waals surface area contributed by atoms with Gasteiger partial charge in [-0.25, -0.2) is 0 Å². The lowest BCUT2D eigenvalue weighted by atomic mass is 10.1. The molecule has 1 heterocycles. The first-order valence-electron chi connectivity index (χ1n) is 5.99.